The molecule has 3 unspecified atom stereocenters. The third kappa shape index (κ3) is 4.53. The summed E-state index contributed by atoms with van der Waals surface area (Å²) in [6, 6.07) is 6.94. The second-order valence-corrected chi connectivity index (χ2v) is 6.72. The number of aryl methyl sites for hydroxylation is 2. The van der Waals surface area contributed by atoms with E-state index >= 15 is 0 Å². The van der Waals surface area contributed by atoms with Crippen LogP contribution in [-0.2, 0) is 0 Å². The Labute approximate surface area is 129 Å². The third-order valence-electron chi connectivity index (χ3n) is 4.73. The molecule has 0 spiro atoms. The maximum atomic E-state index is 10.1. The highest BCUT2D eigenvalue weighted by Crippen LogP contribution is 2.24. The van der Waals surface area contributed by atoms with Gasteiger partial charge in [0.1, 0.15) is 0 Å². The Morgan fingerprint density at radius 1 is 1.19 bits per heavy atom. The number of nitrogens with two attached hydrogens (primary N) is 1. The van der Waals surface area contributed by atoms with Crippen LogP contribution in [0.5, 0.6) is 0 Å². The summed E-state index contributed by atoms with van der Waals surface area (Å²) < 4.78 is 0. The molecule has 0 saturated heterocycles. The van der Waals surface area contributed by atoms with Gasteiger partial charge < -0.3 is 15.7 Å². The molecule has 0 radical (unpaired) electrons. The Morgan fingerprint density at radius 3 is 2.43 bits per heavy atom. The van der Waals surface area contributed by atoms with Gasteiger partial charge in [-0.1, -0.05) is 42.2 Å². The lowest BCUT2D eigenvalue weighted by molar-refractivity contribution is 0.0311. The van der Waals surface area contributed by atoms with Gasteiger partial charge in [-0.15, -0.1) is 0 Å². The fraction of sp³-hybridized carbons (Fsp3) is 0.667. The van der Waals surface area contributed by atoms with Gasteiger partial charge >= 0.3 is 0 Å². The van der Waals surface area contributed by atoms with Gasteiger partial charge in [0.05, 0.1) is 6.10 Å². The zero-order chi connectivity index (χ0) is 15.4. The molecular weight excluding hydrogens is 260 g/mol. The van der Waals surface area contributed by atoms with Gasteiger partial charge in [-0.25, -0.2) is 0 Å². The van der Waals surface area contributed by atoms with Gasteiger partial charge in [0.15, 0.2) is 0 Å². The largest absolute Gasteiger partial charge is 0.391 e. The van der Waals surface area contributed by atoms with Gasteiger partial charge in [-0.05, 0) is 45.7 Å². The summed E-state index contributed by atoms with van der Waals surface area (Å²) in [5, 5.41) is 10.1. The first-order valence-corrected chi connectivity index (χ1v) is 8.19. The lowest BCUT2D eigenvalue weighted by Gasteiger charge is -2.35. The van der Waals surface area contributed by atoms with E-state index in [9.17, 15) is 5.11 Å². The summed E-state index contributed by atoms with van der Waals surface area (Å²) >= 11 is 0. The Balaban J connectivity index is 1.89. The topological polar surface area (TPSA) is 49.5 Å². The first-order chi connectivity index (χ1) is 9.97. The Morgan fingerprint density at radius 2 is 1.81 bits per heavy atom. The molecule has 1 aliphatic rings. The van der Waals surface area contributed by atoms with Crippen LogP contribution in [0.2, 0.25) is 0 Å². The van der Waals surface area contributed by atoms with Crippen molar-refractivity contribution in [3.05, 3.63) is 34.9 Å². The summed E-state index contributed by atoms with van der Waals surface area (Å²) in [4.78, 5) is 2.30. The Kier molecular flexibility index (Phi) is 5.80. The quantitative estimate of drug-likeness (QED) is 0.876. The summed E-state index contributed by atoms with van der Waals surface area (Å²) in [6.07, 6.45) is 5.21. The molecule has 3 nitrogen and oxygen atoms in total. The fourth-order valence-corrected chi connectivity index (χ4v) is 3.51. The normalized spacial score (nSPS) is 24.3. The van der Waals surface area contributed by atoms with Crippen molar-refractivity contribution < 1.29 is 5.11 Å². The minimum absolute atomic E-state index is 0.0757. The predicted octanol–water partition coefficient (Wildman–Crippen LogP) is 2.93. The van der Waals surface area contributed by atoms with E-state index in [0.29, 0.717) is 6.04 Å². The number of rotatable bonds is 5. The van der Waals surface area contributed by atoms with Crippen molar-refractivity contribution in [1.29, 1.82) is 0 Å². The number of nitrogens with zero attached hydrogens (tertiary/aromatic N) is 1. The third-order valence-corrected chi connectivity index (χ3v) is 4.73. The van der Waals surface area contributed by atoms with E-state index in [1.54, 1.807) is 0 Å². The predicted molar refractivity (Wildman–Crippen MR) is 88.4 cm³/mol. The molecule has 0 heterocycles. The molecule has 3 N–H and O–H groups in total. The standard InChI is InChI=1S/C18H30N2O/c1-13-10-14(2)12-15(11-13)16(19)8-9-20(3)17-6-4-5-7-18(17)21/h10-12,16-18,21H,4-9,19H2,1-3H3. The maximum absolute atomic E-state index is 10.1. The molecule has 3 atom stereocenters. The van der Waals surface area contributed by atoms with Crippen LogP contribution in [0, 0.1) is 13.8 Å². The monoisotopic (exact) mass is 290 g/mol. The highest BCUT2D eigenvalue weighted by molar-refractivity contribution is 5.30. The van der Waals surface area contributed by atoms with Gasteiger partial charge in [0, 0.05) is 18.6 Å². The van der Waals surface area contributed by atoms with Crippen LogP contribution < -0.4 is 5.73 Å². The van der Waals surface area contributed by atoms with Crippen LogP contribution in [0.15, 0.2) is 18.2 Å². The molecule has 0 bridgehead atoms. The van der Waals surface area contributed by atoms with Crippen molar-refractivity contribution in [2.45, 2.75) is 64.1 Å². The first-order valence-electron chi connectivity index (χ1n) is 8.19. The van der Waals surface area contributed by atoms with Crippen molar-refractivity contribution in [1.82, 2.24) is 4.90 Å². The molecule has 0 aromatic heterocycles. The molecule has 1 saturated carbocycles. The molecule has 1 aromatic carbocycles. The zero-order valence-electron chi connectivity index (χ0n) is 13.7. The van der Waals surface area contributed by atoms with E-state index < -0.39 is 0 Å². The summed E-state index contributed by atoms with van der Waals surface area (Å²) in [5.74, 6) is 0. The molecular formula is C18H30N2O. The van der Waals surface area contributed by atoms with Crippen LogP contribution in [0.1, 0.15) is 54.8 Å². The molecule has 118 valence electrons. The number of likely N-dealkylation sites (N-methyl/N-ethyl adjacent to an activating group) is 1. The lowest BCUT2D eigenvalue weighted by Crippen LogP contribution is -2.44. The van der Waals surface area contributed by atoms with Gasteiger partial charge in [-0.3, -0.25) is 0 Å². The molecule has 2 rings (SSSR count). The molecule has 0 aliphatic heterocycles. The van der Waals surface area contributed by atoms with E-state index in [1.165, 1.54) is 23.1 Å². The Hall–Kier alpha value is -0.900. The summed E-state index contributed by atoms with van der Waals surface area (Å²) in [6.45, 7) is 5.18. The van der Waals surface area contributed by atoms with Crippen LogP contribution in [0.25, 0.3) is 0 Å². The number of benzene rings is 1. The van der Waals surface area contributed by atoms with Crippen molar-refractivity contribution in [3.8, 4) is 0 Å². The number of aliphatic hydroxyl groups is 1. The van der Waals surface area contributed by atoms with Crippen molar-refractivity contribution >= 4 is 0 Å². The van der Waals surface area contributed by atoms with Crippen molar-refractivity contribution in [2.75, 3.05) is 13.6 Å². The highest BCUT2D eigenvalue weighted by atomic mass is 16.3. The van der Waals surface area contributed by atoms with Gasteiger partial charge in [0.2, 0.25) is 0 Å². The molecule has 1 aromatic rings. The van der Waals surface area contributed by atoms with Crippen molar-refractivity contribution in [2.24, 2.45) is 5.73 Å². The average Bonchev–Trinajstić information content (AvgIpc) is 2.43. The molecule has 3 heteroatoms. The second-order valence-electron chi connectivity index (χ2n) is 6.72. The molecule has 1 aliphatic carbocycles. The van der Waals surface area contributed by atoms with E-state index in [1.807, 2.05) is 0 Å². The zero-order valence-corrected chi connectivity index (χ0v) is 13.7. The average molecular weight is 290 g/mol. The Bertz CT molecular complexity index is 440. The number of aliphatic hydroxyl groups excluding tert-OH is 1. The molecule has 1 fully saturated rings. The molecule has 0 amide bonds. The van der Waals surface area contributed by atoms with Crippen LogP contribution in [0.4, 0.5) is 0 Å². The van der Waals surface area contributed by atoms with Crippen LogP contribution >= 0.6 is 0 Å². The van der Waals surface area contributed by atoms with Gasteiger partial charge in [0.25, 0.3) is 0 Å². The lowest BCUT2D eigenvalue weighted by atomic mass is 9.91. The summed E-state index contributed by atoms with van der Waals surface area (Å²) in [5.41, 5.74) is 10.1. The first kappa shape index (κ1) is 16.5. The highest BCUT2D eigenvalue weighted by Gasteiger charge is 2.26. The summed E-state index contributed by atoms with van der Waals surface area (Å²) in [7, 11) is 2.12. The van der Waals surface area contributed by atoms with E-state index in [0.717, 1.165) is 32.2 Å². The van der Waals surface area contributed by atoms with Crippen LogP contribution in [-0.4, -0.2) is 35.7 Å². The fourth-order valence-electron chi connectivity index (χ4n) is 3.51. The van der Waals surface area contributed by atoms with E-state index in [-0.39, 0.29) is 12.1 Å². The van der Waals surface area contributed by atoms with Crippen LogP contribution in [0.3, 0.4) is 0 Å². The molecule has 21 heavy (non-hydrogen) atoms. The minimum atomic E-state index is -0.166. The minimum Gasteiger partial charge on any atom is -0.391 e. The second kappa shape index (κ2) is 7.39. The number of hydrogen-bond donors (Lipinski definition) is 2. The maximum Gasteiger partial charge on any atom is 0.0695 e. The SMILES string of the molecule is Cc1cc(C)cc(C(N)CCN(C)C2CCCCC2O)c1. The van der Waals surface area contributed by atoms with Crippen molar-refractivity contribution in [3.63, 3.8) is 0 Å². The number of hydrogen-bond acceptors (Lipinski definition) is 3. The van der Waals surface area contributed by atoms with E-state index in [4.69, 9.17) is 5.73 Å². The van der Waals surface area contributed by atoms with E-state index in [2.05, 4.69) is 44.0 Å². The van der Waals surface area contributed by atoms with Gasteiger partial charge in [-0.2, -0.15) is 0 Å². The smallest absolute Gasteiger partial charge is 0.0695 e.